The minimum atomic E-state index is -0.786. The molecule has 2 N–H and O–H groups in total. The van der Waals surface area contributed by atoms with E-state index >= 15 is 0 Å². The molecular weight excluding hydrogens is 216 g/mol. The highest BCUT2D eigenvalue weighted by Gasteiger charge is 2.44. The molecule has 4 nitrogen and oxygen atoms in total. The Bertz CT molecular complexity index is 410. The summed E-state index contributed by atoms with van der Waals surface area (Å²) < 4.78 is 5.12. The van der Waals surface area contributed by atoms with E-state index in [1.54, 1.807) is 7.11 Å². The number of rotatable bonds is 2. The summed E-state index contributed by atoms with van der Waals surface area (Å²) in [6.45, 7) is 0. The van der Waals surface area contributed by atoms with Gasteiger partial charge in [0.2, 0.25) is 5.88 Å². The van der Waals surface area contributed by atoms with Crippen molar-refractivity contribution in [2.75, 3.05) is 7.11 Å². The van der Waals surface area contributed by atoms with Gasteiger partial charge in [0, 0.05) is 18.2 Å². The number of hydrogen-bond donors (Lipinski definition) is 2. The Kier molecular flexibility index (Phi) is 2.56. The van der Waals surface area contributed by atoms with E-state index in [0.29, 0.717) is 18.0 Å². The molecule has 2 saturated heterocycles. The van der Waals surface area contributed by atoms with Crippen LogP contribution in [-0.4, -0.2) is 29.3 Å². The van der Waals surface area contributed by atoms with Crippen LogP contribution >= 0.6 is 0 Å². The van der Waals surface area contributed by atoms with Gasteiger partial charge in [-0.05, 0) is 31.7 Å². The van der Waals surface area contributed by atoms with Gasteiger partial charge in [0.1, 0.15) is 5.60 Å². The number of hydrogen-bond acceptors (Lipinski definition) is 4. The Morgan fingerprint density at radius 3 is 2.71 bits per heavy atom. The average molecular weight is 234 g/mol. The van der Waals surface area contributed by atoms with E-state index in [2.05, 4.69) is 10.3 Å². The predicted molar refractivity (Wildman–Crippen MR) is 63.9 cm³/mol. The van der Waals surface area contributed by atoms with E-state index < -0.39 is 5.60 Å². The van der Waals surface area contributed by atoms with E-state index in [9.17, 15) is 5.11 Å². The van der Waals surface area contributed by atoms with Crippen molar-refractivity contribution in [3.05, 3.63) is 23.9 Å². The summed E-state index contributed by atoms with van der Waals surface area (Å²) >= 11 is 0. The van der Waals surface area contributed by atoms with E-state index in [1.807, 2.05) is 18.2 Å². The van der Waals surface area contributed by atoms with Gasteiger partial charge in [-0.25, -0.2) is 4.98 Å². The zero-order chi connectivity index (χ0) is 11.9. The topological polar surface area (TPSA) is 54.4 Å². The highest BCUT2D eigenvalue weighted by Crippen LogP contribution is 2.40. The molecule has 2 atom stereocenters. The average Bonchev–Trinajstić information content (AvgIpc) is 2.69. The number of aromatic nitrogens is 1. The van der Waals surface area contributed by atoms with Gasteiger partial charge in [0.25, 0.3) is 0 Å². The molecule has 2 aliphatic heterocycles. The first-order valence-corrected chi connectivity index (χ1v) is 6.19. The Morgan fingerprint density at radius 1 is 1.35 bits per heavy atom. The van der Waals surface area contributed by atoms with Crippen molar-refractivity contribution in [3.8, 4) is 5.88 Å². The molecule has 1 aromatic rings. The SMILES string of the molecule is COc1cccc(C2(O)CC3CCC(C2)N3)n1. The number of pyridine rings is 1. The normalized spacial score (nSPS) is 35.9. The molecule has 2 unspecified atom stereocenters. The van der Waals surface area contributed by atoms with Crippen LogP contribution in [0.4, 0.5) is 0 Å². The second-order valence-corrected chi connectivity index (χ2v) is 5.14. The van der Waals surface area contributed by atoms with Crippen LogP contribution < -0.4 is 10.1 Å². The smallest absolute Gasteiger partial charge is 0.213 e. The number of ether oxygens (including phenoxy) is 1. The minimum absolute atomic E-state index is 0.437. The molecule has 92 valence electrons. The van der Waals surface area contributed by atoms with Crippen LogP contribution in [0.5, 0.6) is 5.88 Å². The molecule has 0 saturated carbocycles. The molecule has 0 aliphatic carbocycles. The van der Waals surface area contributed by atoms with Crippen LogP contribution in [-0.2, 0) is 5.60 Å². The van der Waals surface area contributed by atoms with Crippen molar-refractivity contribution in [2.24, 2.45) is 0 Å². The molecule has 2 fully saturated rings. The fraction of sp³-hybridized carbons (Fsp3) is 0.615. The summed E-state index contributed by atoms with van der Waals surface area (Å²) in [5.41, 5.74) is -0.0405. The first-order chi connectivity index (χ1) is 8.19. The van der Waals surface area contributed by atoms with Gasteiger partial charge < -0.3 is 15.2 Å². The van der Waals surface area contributed by atoms with Crippen molar-refractivity contribution in [3.63, 3.8) is 0 Å². The third-order valence-electron chi connectivity index (χ3n) is 3.91. The van der Waals surface area contributed by atoms with Gasteiger partial charge in [0.15, 0.2) is 0 Å². The maximum Gasteiger partial charge on any atom is 0.213 e. The van der Waals surface area contributed by atoms with Gasteiger partial charge in [0.05, 0.1) is 12.8 Å². The summed E-state index contributed by atoms with van der Waals surface area (Å²) in [4.78, 5) is 4.38. The monoisotopic (exact) mass is 234 g/mol. The molecule has 2 aliphatic rings. The maximum atomic E-state index is 10.8. The summed E-state index contributed by atoms with van der Waals surface area (Å²) in [5, 5.41) is 14.3. The lowest BCUT2D eigenvalue weighted by molar-refractivity contribution is -0.0156. The number of fused-ring (bicyclic) bond motifs is 2. The molecule has 0 radical (unpaired) electrons. The predicted octanol–water partition coefficient (Wildman–Crippen LogP) is 1.19. The number of aliphatic hydroxyl groups is 1. The van der Waals surface area contributed by atoms with Crippen molar-refractivity contribution in [2.45, 2.75) is 43.4 Å². The van der Waals surface area contributed by atoms with E-state index in [1.165, 1.54) is 0 Å². The molecule has 17 heavy (non-hydrogen) atoms. The maximum absolute atomic E-state index is 10.8. The van der Waals surface area contributed by atoms with Crippen LogP contribution in [0.3, 0.4) is 0 Å². The fourth-order valence-corrected chi connectivity index (χ4v) is 3.12. The second kappa shape index (κ2) is 3.96. The van der Waals surface area contributed by atoms with Crippen LogP contribution in [0.1, 0.15) is 31.4 Å². The van der Waals surface area contributed by atoms with E-state index in [4.69, 9.17) is 4.74 Å². The Morgan fingerprint density at radius 2 is 2.06 bits per heavy atom. The minimum Gasteiger partial charge on any atom is -0.481 e. The van der Waals surface area contributed by atoms with Crippen molar-refractivity contribution in [1.29, 1.82) is 0 Å². The molecule has 3 rings (SSSR count). The molecule has 0 aromatic carbocycles. The third-order valence-corrected chi connectivity index (χ3v) is 3.91. The largest absolute Gasteiger partial charge is 0.481 e. The molecule has 0 amide bonds. The van der Waals surface area contributed by atoms with E-state index in [0.717, 1.165) is 31.4 Å². The van der Waals surface area contributed by atoms with Crippen molar-refractivity contribution in [1.82, 2.24) is 10.3 Å². The lowest BCUT2D eigenvalue weighted by Crippen LogP contribution is -2.47. The van der Waals surface area contributed by atoms with Gasteiger partial charge in [-0.2, -0.15) is 0 Å². The molecular formula is C13H18N2O2. The lowest BCUT2D eigenvalue weighted by Gasteiger charge is -2.36. The molecule has 4 heteroatoms. The fourth-order valence-electron chi connectivity index (χ4n) is 3.12. The zero-order valence-electron chi connectivity index (χ0n) is 10.0. The first kappa shape index (κ1) is 11.0. The quantitative estimate of drug-likeness (QED) is 0.807. The van der Waals surface area contributed by atoms with Crippen LogP contribution in [0.15, 0.2) is 18.2 Å². The lowest BCUT2D eigenvalue weighted by atomic mass is 9.84. The summed E-state index contributed by atoms with van der Waals surface area (Å²) in [6.07, 6.45) is 3.83. The van der Waals surface area contributed by atoms with Gasteiger partial charge in [-0.15, -0.1) is 0 Å². The summed E-state index contributed by atoms with van der Waals surface area (Å²) in [5.74, 6) is 0.571. The Labute approximate surface area is 101 Å². The highest BCUT2D eigenvalue weighted by atomic mass is 16.5. The van der Waals surface area contributed by atoms with Crippen molar-refractivity contribution < 1.29 is 9.84 Å². The number of piperidine rings is 1. The summed E-state index contributed by atoms with van der Waals surface area (Å²) in [6, 6.07) is 6.47. The van der Waals surface area contributed by atoms with Gasteiger partial charge in [-0.3, -0.25) is 0 Å². The zero-order valence-corrected chi connectivity index (χ0v) is 10.0. The summed E-state index contributed by atoms with van der Waals surface area (Å²) in [7, 11) is 1.60. The molecule has 1 aromatic heterocycles. The van der Waals surface area contributed by atoms with Gasteiger partial charge in [-0.1, -0.05) is 6.07 Å². The number of nitrogens with one attached hydrogen (secondary N) is 1. The van der Waals surface area contributed by atoms with Crippen molar-refractivity contribution >= 4 is 0 Å². The standard InChI is InChI=1S/C13H18N2O2/c1-17-12-4-2-3-11(15-12)13(16)7-9-5-6-10(8-13)14-9/h2-4,9-10,14,16H,5-8H2,1H3. The first-order valence-electron chi connectivity index (χ1n) is 6.19. The second-order valence-electron chi connectivity index (χ2n) is 5.14. The third kappa shape index (κ3) is 1.91. The molecule has 2 bridgehead atoms. The highest BCUT2D eigenvalue weighted by molar-refractivity contribution is 5.22. The Hall–Kier alpha value is -1.13. The molecule has 0 spiro atoms. The molecule has 3 heterocycles. The van der Waals surface area contributed by atoms with Gasteiger partial charge >= 0.3 is 0 Å². The van der Waals surface area contributed by atoms with Crippen LogP contribution in [0, 0.1) is 0 Å². The Balaban J connectivity index is 1.91. The van der Waals surface area contributed by atoms with Crippen LogP contribution in [0.2, 0.25) is 0 Å². The number of methoxy groups -OCH3 is 1. The van der Waals surface area contributed by atoms with E-state index in [-0.39, 0.29) is 0 Å². The number of nitrogens with zero attached hydrogens (tertiary/aromatic N) is 1. The van der Waals surface area contributed by atoms with Crippen LogP contribution in [0.25, 0.3) is 0 Å².